The SMILES string of the molecule is Fc1c(F)c(F)c(F)c(F)c1F.[Cr].c1ccccc1.c1ccccc1. The molecule has 0 aliphatic carbocycles. The number of rotatable bonds is 0. The first-order valence-corrected chi connectivity index (χ1v) is 6.63. The first kappa shape index (κ1) is 22.8. The molecule has 0 N–H and O–H groups in total. The number of halogens is 6. The van der Waals surface area contributed by atoms with Gasteiger partial charge in [-0.2, -0.15) is 0 Å². The van der Waals surface area contributed by atoms with Crippen LogP contribution in [0, 0.1) is 34.9 Å². The Morgan fingerprint density at radius 1 is 0.280 bits per heavy atom. The summed E-state index contributed by atoms with van der Waals surface area (Å²) in [6, 6.07) is 24.0. The number of benzene rings is 3. The van der Waals surface area contributed by atoms with Gasteiger partial charge in [0.05, 0.1) is 0 Å². The summed E-state index contributed by atoms with van der Waals surface area (Å²) in [7, 11) is 0. The molecule has 0 radical (unpaired) electrons. The molecule has 0 aromatic heterocycles. The van der Waals surface area contributed by atoms with Gasteiger partial charge in [-0.25, -0.2) is 26.3 Å². The molecule has 0 fully saturated rings. The minimum absolute atomic E-state index is 0. The molecule has 7 heteroatoms. The Labute approximate surface area is 151 Å². The van der Waals surface area contributed by atoms with Crippen molar-refractivity contribution in [1.82, 2.24) is 0 Å². The average Bonchev–Trinajstić information content (AvgIpc) is 2.67. The third kappa shape index (κ3) is 7.46. The third-order valence-corrected chi connectivity index (χ3v) is 2.49. The topological polar surface area (TPSA) is 0 Å². The summed E-state index contributed by atoms with van der Waals surface area (Å²) in [5.74, 6) is -14.2. The van der Waals surface area contributed by atoms with E-state index in [4.69, 9.17) is 0 Å². The van der Waals surface area contributed by atoms with E-state index in [1.54, 1.807) is 0 Å². The molecule has 3 rings (SSSR count). The Kier molecular flexibility index (Phi) is 11.1. The van der Waals surface area contributed by atoms with Crippen LogP contribution in [-0.2, 0) is 17.4 Å². The van der Waals surface area contributed by atoms with Gasteiger partial charge in [0.15, 0.2) is 0 Å². The Hall–Kier alpha value is -2.23. The van der Waals surface area contributed by atoms with Crippen molar-refractivity contribution in [2.75, 3.05) is 0 Å². The zero-order chi connectivity index (χ0) is 17.9. The zero-order valence-electron chi connectivity index (χ0n) is 12.6. The fourth-order valence-corrected chi connectivity index (χ4v) is 1.35. The van der Waals surface area contributed by atoms with Gasteiger partial charge in [-0.15, -0.1) is 0 Å². The second-order valence-electron chi connectivity index (χ2n) is 4.19. The van der Waals surface area contributed by atoms with Crippen molar-refractivity contribution in [3.05, 3.63) is 108 Å². The van der Waals surface area contributed by atoms with Crippen LogP contribution in [0.3, 0.4) is 0 Å². The van der Waals surface area contributed by atoms with E-state index in [0.717, 1.165) is 0 Å². The van der Waals surface area contributed by atoms with Crippen molar-refractivity contribution in [1.29, 1.82) is 0 Å². The van der Waals surface area contributed by atoms with Gasteiger partial charge in [-0.1, -0.05) is 72.8 Å². The van der Waals surface area contributed by atoms with Crippen molar-refractivity contribution in [3.8, 4) is 0 Å². The predicted molar refractivity (Wildman–Crippen MR) is 79.1 cm³/mol. The molecule has 0 spiro atoms. The van der Waals surface area contributed by atoms with Gasteiger partial charge in [-0.3, -0.25) is 0 Å². The molecule has 0 amide bonds. The summed E-state index contributed by atoms with van der Waals surface area (Å²) in [6.07, 6.45) is 0. The van der Waals surface area contributed by atoms with Crippen LogP contribution in [0.25, 0.3) is 0 Å². The van der Waals surface area contributed by atoms with Crippen LogP contribution in [0.15, 0.2) is 72.8 Å². The molecule has 0 unspecified atom stereocenters. The smallest absolute Gasteiger partial charge is 0.200 e. The van der Waals surface area contributed by atoms with E-state index in [-0.39, 0.29) is 17.4 Å². The van der Waals surface area contributed by atoms with Crippen LogP contribution in [-0.4, -0.2) is 0 Å². The Morgan fingerprint density at radius 3 is 0.440 bits per heavy atom. The van der Waals surface area contributed by atoms with Crippen molar-refractivity contribution in [2.24, 2.45) is 0 Å². The first-order valence-electron chi connectivity index (χ1n) is 6.63. The molecule has 0 aliphatic rings. The first-order chi connectivity index (χ1) is 11.5. The van der Waals surface area contributed by atoms with Gasteiger partial charge in [0.2, 0.25) is 34.9 Å². The average molecular weight is 394 g/mol. The summed E-state index contributed by atoms with van der Waals surface area (Å²) in [6.45, 7) is 0. The molecule has 0 bridgehead atoms. The van der Waals surface area contributed by atoms with Gasteiger partial charge < -0.3 is 0 Å². The summed E-state index contributed by atoms with van der Waals surface area (Å²) in [4.78, 5) is 0. The third-order valence-electron chi connectivity index (χ3n) is 2.49. The van der Waals surface area contributed by atoms with Crippen molar-refractivity contribution in [2.45, 2.75) is 0 Å². The number of hydrogen-bond donors (Lipinski definition) is 0. The van der Waals surface area contributed by atoms with Crippen LogP contribution in [0.2, 0.25) is 0 Å². The Bertz CT molecular complexity index is 546. The maximum atomic E-state index is 12.0. The molecule has 0 heterocycles. The van der Waals surface area contributed by atoms with Gasteiger partial charge in [0.25, 0.3) is 0 Å². The predicted octanol–water partition coefficient (Wildman–Crippen LogP) is 5.89. The minimum atomic E-state index is -2.37. The molecule has 132 valence electrons. The van der Waals surface area contributed by atoms with Crippen LogP contribution in [0.4, 0.5) is 26.3 Å². The molecular formula is C18H12CrF6. The summed E-state index contributed by atoms with van der Waals surface area (Å²) in [5.41, 5.74) is 0. The molecule has 0 aliphatic heterocycles. The van der Waals surface area contributed by atoms with Gasteiger partial charge in [0, 0.05) is 17.4 Å². The molecule has 0 atom stereocenters. The molecular weight excluding hydrogens is 382 g/mol. The largest absolute Gasteiger partial charge is 0.200 e. The zero-order valence-corrected chi connectivity index (χ0v) is 13.9. The van der Waals surface area contributed by atoms with Crippen LogP contribution < -0.4 is 0 Å². The van der Waals surface area contributed by atoms with Crippen LogP contribution in [0.5, 0.6) is 0 Å². The van der Waals surface area contributed by atoms with Crippen LogP contribution >= 0.6 is 0 Å². The molecule has 0 saturated carbocycles. The van der Waals surface area contributed by atoms with Gasteiger partial charge in [-0.05, 0) is 0 Å². The van der Waals surface area contributed by atoms with E-state index in [1.165, 1.54) is 0 Å². The van der Waals surface area contributed by atoms with Crippen molar-refractivity contribution in [3.63, 3.8) is 0 Å². The fraction of sp³-hybridized carbons (Fsp3) is 0. The standard InChI is InChI=1S/C6F6.2C6H6.Cr/c7-1-2(8)4(10)6(12)5(11)3(1)9;2*1-2-4-6-5-3-1;/h;2*1-6H;. The number of hydrogen-bond acceptors (Lipinski definition) is 0. The minimum Gasteiger partial charge on any atom is -0.200 e. The monoisotopic (exact) mass is 394 g/mol. The fourth-order valence-electron chi connectivity index (χ4n) is 1.35. The maximum Gasteiger partial charge on any atom is 0.200 e. The van der Waals surface area contributed by atoms with Gasteiger partial charge in [0.1, 0.15) is 0 Å². The summed E-state index contributed by atoms with van der Waals surface area (Å²) >= 11 is 0. The molecule has 3 aromatic rings. The molecule has 0 nitrogen and oxygen atoms in total. The van der Waals surface area contributed by atoms with Crippen molar-refractivity contribution < 1.29 is 43.7 Å². The summed E-state index contributed by atoms with van der Waals surface area (Å²) in [5, 5.41) is 0. The van der Waals surface area contributed by atoms with Crippen molar-refractivity contribution >= 4 is 0 Å². The van der Waals surface area contributed by atoms with E-state index >= 15 is 0 Å². The maximum absolute atomic E-state index is 12.0. The normalized spacial score (nSPS) is 8.88. The summed E-state index contributed by atoms with van der Waals surface area (Å²) < 4.78 is 72.2. The second kappa shape index (κ2) is 12.2. The van der Waals surface area contributed by atoms with E-state index < -0.39 is 34.9 Å². The Balaban J connectivity index is 0.000000373. The molecule has 25 heavy (non-hydrogen) atoms. The molecule has 0 saturated heterocycles. The second-order valence-corrected chi connectivity index (χ2v) is 4.19. The van der Waals surface area contributed by atoms with E-state index in [0.29, 0.717) is 0 Å². The van der Waals surface area contributed by atoms with Gasteiger partial charge >= 0.3 is 0 Å². The quantitative estimate of drug-likeness (QED) is 0.253. The van der Waals surface area contributed by atoms with E-state index in [9.17, 15) is 26.3 Å². The Morgan fingerprint density at radius 2 is 0.360 bits per heavy atom. The van der Waals surface area contributed by atoms with E-state index in [2.05, 4.69) is 0 Å². The van der Waals surface area contributed by atoms with Crippen LogP contribution in [0.1, 0.15) is 0 Å². The molecule has 3 aromatic carbocycles. The van der Waals surface area contributed by atoms with E-state index in [1.807, 2.05) is 72.8 Å².